The summed E-state index contributed by atoms with van der Waals surface area (Å²) in [6.07, 6.45) is 1.89. The van der Waals surface area contributed by atoms with E-state index in [0.29, 0.717) is 5.15 Å². The van der Waals surface area contributed by atoms with E-state index in [1.54, 1.807) is 17.4 Å². The van der Waals surface area contributed by atoms with Crippen molar-refractivity contribution in [2.24, 2.45) is 0 Å². The molecule has 1 N–H and O–H groups in total. The number of aromatic nitrogens is 2. The number of aryl methyl sites for hydroxylation is 2. The Kier molecular flexibility index (Phi) is 3.41. The SMILES string of the molecule is Cc1ncc(CNc2ccc(Cl)nc2C)s1. The third-order valence-electron chi connectivity index (χ3n) is 2.17. The summed E-state index contributed by atoms with van der Waals surface area (Å²) in [4.78, 5) is 9.60. The van der Waals surface area contributed by atoms with E-state index < -0.39 is 0 Å². The molecule has 2 rings (SSSR count). The molecule has 16 heavy (non-hydrogen) atoms. The van der Waals surface area contributed by atoms with Crippen molar-refractivity contribution in [3.05, 3.63) is 39.1 Å². The van der Waals surface area contributed by atoms with Gasteiger partial charge in [0.25, 0.3) is 0 Å². The molecule has 0 aromatic carbocycles. The lowest BCUT2D eigenvalue weighted by molar-refractivity contribution is 1.12. The summed E-state index contributed by atoms with van der Waals surface area (Å²) in [5, 5.41) is 4.93. The Labute approximate surface area is 104 Å². The molecule has 0 radical (unpaired) electrons. The van der Waals surface area contributed by atoms with E-state index in [2.05, 4.69) is 15.3 Å². The minimum atomic E-state index is 0.525. The molecule has 0 amide bonds. The van der Waals surface area contributed by atoms with Gasteiger partial charge >= 0.3 is 0 Å². The number of hydrogen-bond acceptors (Lipinski definition) is 4. The highest BCUT2D eigenvalue weighted by molar-refractivity contribution is 7.11. The number of rotatable bonds is 3. The maximum Gasteiger partial charge on any atom is 0.129 e. The first-order valence-electron chi connectivity index (χ1n) is 4.93. The summed E-state index contributed by atoms with van der Waals surface area (Å²) < 4.78 is 0. The smallest absolute Gasteiger partial charge is 0.129 e. The molecule has 5 heteroatoms. The summed E-state index contributed by atoms with van der Waals surface area (Å²) in [7, 11) is 0. The standard InChI is InChI=1S/C11H12ClN3S/c1-7-10(3-4-11(12)15-7)14-6-9-5-13-8(2)16-9/h3-5,14H,6H2,1-2H3. The first kappa shape index (κ1) is 11.4. The number of hydrogen-bond donors (Lipinski definition) is 1. The van der Waals surface area contributed by atoms with Crippen molar-refractivity contribution in [3.63, 3.8) is 0 Å². The zero-order chi connectivity index (χ0) is 11.5. The van der Waals surface area contributed by atoms with Gasteiger partial charge in [-0.2, -0.15) is 0 Å². The van der Waals surface area contributed by atoms with Crippen LogP contribution in [0.3, 0.4) is 0 Å². The molecule has 0 aliphatic carbocycles. The van der Waals surface area contributed by atoms with Gasteiger partial charge in [0, 0.05) is 11.1 Å². The van der Waals surface area contributed by atoms with Gasteiger partial charge in [0.15, 0.2) is 0 Å². The molecule has 3 nitrogen and oxygen atoms in total. The lowest BCUT2D eigenvalue weighted by Crippen LogP contribution is -2.00. The Morgan fingerprint density at radius 3 is 2.81 bits per heavy atom. The highest BCUT2D eigenvalue weighted by atomic mass is 35.5. The minimum Gasteiger partial charge on any atom is -0.379 e. The zero-order valence-electron chi connectivity index (χ0n) is 9.12. The van der Waals surface area contributed by atoms with Crippen LogP contribution in [0.1, 0.15) is 15.6 Å². The van der Waals surface area contributed by atoms with E-state index in [-0.39, 0.29) is 0 Å². The number of anilines is 1. The summed E-state index contributed by atoms with van der Waals surface area (Å²) in [5.41, 5.74) is 1.92. The predicted octanol–water partition coefficient (Wildman–Crippen LogP) is 3.42. The average Bonchev–Trinajstić information content (AvgIpc) is 2.63. The molecule has 0 saturated carbocycles. The molecule has 2 aromatic heterocycles. The van der Waals surface area contributed by atoms with E-state index in [1.807, 2.05) is 26.1 Å². The van der Waals surface area contributed by atoms with Gasteiger partial charge in [-0.05, 0) is 26.0 Å². The van der Waals surface area contributed by atoms with Crippen molar-refractivity contribution < 1.29 is 0 Å². The molecule has 0 aliphatic heterocycles. The molecule has 0 unspecified atom stereocenters. The molecule has 2 heterocycles. The summed E-state index contributed by atoms with van der Waals surface area (Å²) >= 11 is 7.49. The third kappa shape index (κ3) is 2.71. The average molecular weight is 254 g/mol. The van der Waals surface area contributed by atoms with Gasteiger partial charge in [0.1, 0.15) is 5.15 Å². The first-order valence-corrected chi connectivity index (χ1v) is 6.13. The molecule has 0 bridgehead atoms. The van der Waals surface area contributed by atoms with Gasteiger partial charge in [-0.25, -0.2) is 9.97 Å². The molecule has 84 valence electrons. The maximum absolute atomic E-state index is 5.79. The fourth-order valence-corrected chi connectivity index (χ4v) is 2.31. The Balaban J connectivity index is 2.04. The van der Waals surface area contributed by atoms with Gasteiger partial charge in [-0.3, -0.25) is 0 Å². The van der Waals surface area contributed by atoms with E-state index in [9.17, 15) is 0 Å². The zero-order valence-corrected chi connectivity index (χ0v) is 10.7. The second-order valence-corrected chi connectivity index (χ2v) is 5.17. The number of halogens is 1. The van der Waals surface area contributed by atoms with E-state index in [0.717, 1.165) is 22.9 Å². The largest absolute Gasteiger partial charge is 0.379 e. The highest BCUT2D eigenvalue weighted by Crippen LogP contribution is 2.18. The van der Waals surface area contributed by atoms with Crippen LogP contribution in [0.5, 0.6) is 0 Å². The van der Waals surface area contributed by atoms with Crippen LogP contribution in [-0.4, -0.2) is 9.97 Å². The van der Waals surface area contributed by atoms with E-state index in [1.165, 1.54) is 4.88 Å². The van der Waals surface area contributed by atoms with E-state index in [4.69, 9.17) is 11.6 Å². The van der Waals surface area contributed by atoms with Gasteiger partial charge in [-0.1, -0.05) is 11.6 Å². The van der Waals surface area contributed by atoms with Crippen molar-refractivity contribution in [2.45, 2.75) is 20.4 Å². The highest BCUT2D eigenvalue weighted by Gasteiger charge is 2.02. The van der Waals surface area contributed by atoms with Crippen LogP contribution >= 0.6 is 22.9 Å². The number of nitrogens with one attached hydrogen (secondary N) is 1. The van der Waals surface area contributed by atoms with Crippen LogP contribution in [0.25, 0.3) is 0 Å². The Hall–Kier alpha value is -1.13. The van der Waals surface area contributed by atoms with Crippen molar-refractivity contribution in [1.29, 1.82) is 0 Å². The quantitative estimate of drug-likeness (QED) is 0.852. The Bertz CT molecular complexity index is 496. The van der Waals surface area contributed by atoms with E-state index >= 15 is 0 Å². The molecule has 0 atom stereocenters. The van der Waals surface area contributed by atoms with Gasteiger partial charge < -0.3 is 5.32 Å². The molecular formula is C11H12ClN3S. The monoisotopic (exact) mass is 253 g/mol. The van der Waals surface area contributed by atoms with Crippen LogP contribution < -0.4 is 5.32 Å². The van der Waals surface area contributed by atoms with Crippen molar-refractivity contribution in [2.75, 3.05) is 5.32 Å². The first-order chi connectivity index (χ1) is 7.65. The molecule has 0 spiro atoms. The van der Waals surface area contributed by atoms with Gasteiger partial charge in [-0.15, -0.1) is 11.3 Å². The van der Waals surface area contributed by atoms with Crippen molar-refractivity contribution in [3.8, 4) is 0 Å². The van der Waals surface area contributed by atoms with Gasteiger partial charge in [0.2, 0.25) is 0 Å². The number of thiazole rings is 1. The molecule has 2 aromatic rings. The predicted molar refractivity (Wildman–Crippen MR) is 68.2 cm³/mol. The summed E-state index contributed by atoms with van der Waals surface area (Å²) in [6, 6.07) is 3.73. The van der Waals surface area contributed by atoms with Crippen LogP contribution in [0.15, 0.2) is 18.3 Å². The maximum atomic E-state index is 5.79. The van der Waals surface area contributed by atoms with Crippen LogP contribution in [0, 0.1) is 13.8 Å². The van der Waals surface area contributed by atoms with Gasteiger partial charge in [0.05, 0.1) is 22.9 Å². The second-order valence-electron chi connectivity index (χ2n) is 3.47. The van der Waals surface area contributed by atoms with Crippen molar-refractivity contribution in [1.82, 2.24) is 9.97 Å². The Morgan fingerprint density at radius 2 is 2.19 bits per heavy atom. The lowest BCUT2D eigenvalue weighted by Gasteiger charge is -2.07. The molecule has 0 fully saturated rings. The van der Waals surface area contributed by atoms with Crippen LogP contribution in [0.2, 0.25) is 5.15 Å². The molecular weight excluding hydrogens is 242 g/mol. The minimum absolute atomic E-state index is 0.525. The molecule has 0 aliphatic rings. The van der Waals surface area contributed by atoms with Crippen molar-refractivity contribution >= 4 is 28.6 Å². The molecule has 0 saturated heterocycles. The fourth-order valence-electron chi connectivity index (χ4n) is 1.39. The van der Waals surface area contributed by atoms with Crippen LogP contribution in [-0.2, 0) is 6.54 Å². The normalized spacial score (nSPS) is 10.4. The van der Waals surface area contributed by atoms with Crippen LogP contribution in [0.4, 0.5) is 5.69 Å². The summed E-state index contributed by atoms with van der Waals surface area (Å²) in [5.74, 6) is 0. The summed E-state index contributed by atoms with van der Waals surface area (Å²) in [6.45, 7) is 4.71. The number of nitrogens with zero attached hydrogens (tertiary/aromatic N) is 2. The fraction of sp³-hybridized carbons (Fsp3) is 0.273. The Morgan fingerprint density at radius 1 is 1.38 bits per heavy atom. The third-order valence-corrected chi connectivity index (χ3v) is 3.30. The second kappa shape index (κ2) is 4.80. The lowest BCUT2D eigenvalue weighted by atomic mass is 10.3. The topological polar surface area (TPSA) is 37.8 Å². The number of pyridine rings is 1.